The van der Waals surface area contributed by atoms with E-state index in [1.54, 1.807) is 32.4 Å². The van der Waals surface area contributed by atoms with Gasteiger partial charge in [-0.25, -0.2) is 28.9 Å². The van der Waals surface area contributed by atoms with Gasteiger partial charge in [0.25, 0.3) is 0 Å². The summed E-state index contributed by atoms with van der Waals surface area (Å²) < 4.78 is 78.8. The molecule has 79 heavy (non-hydrogen) atoms. The molecule has 1 aliphatic heterocycles. The van der Waals surface area contributed by atoms with Gasteiger partial charge in [0.2, 0.25) is 0 Å². The van der Waals surface area contributed by atoms with Crippen LogP contribution in [0.2, 0.25) is 0 Å². The molecule has 1 saturated heterocycles. The quantitative estimate of drug-likeness (QED) is 0.00822. The van der Waals surface area contributed by atoms with Crippen molar-refractivity contribution >= 4 is 100.0 Å². The van der Waals surface area contributed by atoms with Crippen LogP contribution in [-0.2, 0) is 55.9 Å². The van der Waals surface area contributed by atoms with Crippen molar-refractivity contribution in [3.05, 3.63) is 71.7 Å². The number of nitrogens with two attached hydrogens (primary N) is 1. The summed E-state index contributed by atoms with van der Waals surface area (Å²) >= 11 is 0. The molecule has 0 radical (unpaired) electrons. The highest BCUT2D eigenvalue weighted by atomic mass is 33.1. The van der Waals surface area contributed by atoms with Gasteiger partial charge in [-0.3, -0.25) is 9.42 Å². The van der Waals surface area contributed by atoms with Crippen molar-refractivity contribution < 1.29 is 80.0 Å². The fourth-order valence-corrected chi connectivity index (χ4v) is 12.7. The Morgan fingerprint density at radius 1 is 0.937 bits per heavy atom. The number of ether oxygens (including phenoxy) is 8. The lowest BCUT2D eigenvalue weighted by atomic mass is 9.86. The Balaban J connectivity index is 0.741. The van der Waals surface area contributed by atoms with Crippen LogP contribution in [0.4, 0.5) is 20.2 Å². The molecule has 3 aromatic rings. The second-order valence-electron chi connectivity index (χ2n) is 18.1. The summed E-state index contributed by atoms with van der Waals surface area (Å²) in [7, 11) is -2.13. The molecule has 3 heterocycles. The zero-order valence-corrected chi connectivity index (χ0v) is 49.0. The number of aromatic nitrogens is 3. The lowest BCUT2D eigenvalue weighted by molar-refractivity contribution is -0.0518. The zero-order valence-electron chi connectivity index (χ0n) is 44.0. The predicted octanol–water partition coefficient (Wildman–Crippen LogP) is 8.06. The summed E-state index contributed by atoms with van der Waals surface area (Å²) in [5, 5.41) is 8.47. The summed E-state index contributed by atoms with van der Waals surface area (Å²) in [5.74, 6) is 7.22. The fraction of sp³-hybridized carbons (Fsp3) is 0.571. The van der Waals surface area contributed by atoms with Crippen LogP contribution in [0.1, 0.15) is 74.8 Å². The summed E-state index contributed by atoms with van der Waals surface area (Å²) in [5.41, 5.74) is 10.9. The second kappa shape index (κ2) is 33.7. The van der Waals surface area contributed by atoms with Crippen molar-refractivity contribution in [2.75, 3.05) is 103 Å². The third-order valence-corrected chi connectivity index (χ3v) is 18.5. The van der Waals surface area contributed by atoms with Crippen LogP contribution in [0, 0.1) is 17.8 Å². The van der Waals surface area contributed by atoms with Crippen molar-refractivity contribution in [3.63, 3.8) is 0 Å². The van der Waals surface area contributed by atoms with Crippen molar-refractivity contribution in [3.8, 4) is 11.8 Å². The number of unbranched alkanes of at least 4 members (excludes halogenated alkanes) is 1. The molecule has 0 saturated carbocycles. The van der Waals surface area contributed by atoms with Crippen LogP contribution in [0.15, 0.2) is 55.0 Å². The number of fused-ring (bicyclic) bond motifs is 4. The highest BCUT2D eigenvalue weighted by Crippen LogP contribution is 2.52. The van der Waals surface area contributed by atoms with E-state index in [-0.39, 0.29) is 55.1 Å². The van der Waals surface area contributed by atoms with E-state index in [4.69, 9.17) is 53.0 Å². The summed E-state index contributed by atoms with van der Waals surface area (Å²) in [6.07, 6.45) is 10.5. The number of rotatable bonds is 34. The van der Waals surface area contributed by atoms with Gasteiger partial charge in [0.1, 0.15) is 48.6 Å². The molecule has 7 N–H and O–H groups in total. The number of nitrogen functional groups attached to an aromatic ring is 1. The smallest absolute Gasteiger partial charge is 0.450 e. The van der Waals surface area contributed by atoms with Crippen LogP contribution in [0.25, 0.3) is 16.6 Å². The maximum absolute atomic E-state index is 12.4. The van der Waals surface area contributed by atoms with Crippen LogP contribution in [0.5, 0.6) is 0 Å². The molecule has 7 atom stereocenters. The minimum atomic E-state index is -4.86. The first-order valence-electron chi connectivity index (χ1n) is 25.2. The van der Waals surface area contributed by atoms with E-state index in [0.717, 1.165) is 6.42 Å². The maximum Gasteiger partial charge on any atom is 0.705 e. The molecule has 2 aliphatic carbocycles. The predicted molar refractivity (Wildman–Crippen MR) is 303 cm³/mol. The lowest BCUT2D eigenvalue weighted by Crippen LogP contribution is -2.30. The summed E-state index contributed by atoms with van der Waals surface area (Å²) in [6.45, 7) is 6.68. The Morgan fingerprint density at radius 2 is 1.67 bits per heavy atom. The first-order valence-corrected chi connectivity index (χ1v) is 32.9. The highest BCUT2D eigenvalue weighted by molar-refractivity contribution is 8.77. The van der Waals surface area contributed by atoms with E-state index in [0.29, 0.717) is 93.9 Å². The average molecular weight is 1220 g/mol. The largest absolute Gasteiger partial charge is 0.705 e. The minimum absolute atomic E-state index is 0.0377. The number of alkyl carbamates (subject to hydrolysis) is 3. The van der Waals surface area contributed by atoms with Crippen LogP contribution < -0.4 is 21.7 Å². The van der Waals surface area contributed by atoms with Crippen molar-refractivity contribution in [2.45, 2.75) is 75.1 Å². The second-order valence-corrected chi connectivity index (χ2v) is 25.9. The molecule has 1 fully saturated rings. The van der Waals surface area contributed by atoms with Gasteiger partial charge in [0.15, 0.2) is 0 Å². The Bertz CT molecular complexity index is 2660. The molecule has 30 heteroatoms. The molecule has 24 nitrogen and oxygen atoms in total. The molecule has 3 aliphatic rings. The number of carbonyl (C=O) groups excluding carboxylic acids is 3. The molecule has 0 spiro atoms. The number of benzene rings is 1. The number of phosphoric ester groups is 1. The highest BCUT2D eigenvalue weighted by Gasteiger charge is 2.42. The van der Waals surface area contributed by atoms with Gasteiger partial charge in [0, 0.05) is 47.5 Å². The summed E-state index contributed by atoms with van der Waals surface area (Å²) in [6, 6.07) is 8.31. The van der Waals surface area contributed by atoms with Crippen LogP contribution in [0.3, 0.4) is 0 Å². The van der Waals surface area contributed by atoms with Crippen molar-refractivity contribution in [1.82, 2.24) is 30.5 Å². The molecule has 6 rings (SSSR count). The average Bonchev–Trinajstić information content (AvgIpc) is 4.29. The first-order chi connectivity index (χ1) is 38.1. The first kappa shape index (κ1) is 64.0. The van der Waals surface area contributed by atoms with Gasteiger partial charge in [-0.05, 0) is 72.7 Å². The van der Waals surface area contributed by atoms with E-state index in [1.165, 1.54) is 44.6 Å². The number of carbonyl (C=O) groups is 3. The fourth-order valence-electron chi connectivity index (χ4n) is 8.41. The topological polar surface area (TPSA) is 311 Å². The van der Waals surface area contributed by atoms with E-state index in [2.05, 4.69) is 86.3 Å². The lowest BCUT2D eigenvalue weighted by Gasteiger charge is -2.22. The molecule has 6 unspecified atom stereocenters. The van der Waals surface area contributed by atoms with E-state index < -0.39 is 59.4 Å². The maximum atomic E-state index is 12.4. The van der Waals surface area contributed by atoms with E-state index in [1.807, 2.05) is 18.4 Å². The van der Waals surface area contributed by atoms with Gasteiger partial charge < -0.3 is 64.1 Å². The molecule has 0 bridgehead atoms. The Labute approximate surface area is 475 Å². The number of phosphoric acid groups is 1. The van der Waals surface area contributed by atoms with Gasteiger partial charge in [-0.15, -0.1) is 4.89 Å². The van der Waals surface area contributed by atoms with Crippen molar-refractivity contribution in [2.24, 2.45) is 5.92 Å². The zero-order chi connectivity index (χ0) is 56.5. The molecule has 2 aromatic heterocycles. The number of hydrogen-bond donors (Lipinski definition) is 6. The molecule has 434 valence electrons. The minimum Gasteiger partial charge on any atom is -0.450 e. The summed E-state index contributed by atoms with van der Waals surface area (Å²) in [4.78, 5) is 64.1. The van der Waals surface area contributed by atoms with Gasteiger partial charge in [0.05, 0.1) is 69.8 Å². The number of anilines is 1. The van der Waals surface area contributed by atoms with Gasteiger partial charge >= 0.3 is 34.4 Å². The normalized spacial score (nSPS) is 19.3. The van der Waals surface area contributed by atoms with E-state index in [9.17, 15) is 28.4 Å². The Morgan fingerprint density at radius 3 is 2.44 bits per heavy atom. The SMILES string of the molecule is CSSCOC1CC(n2cc(C#CCNC(=O)OCCCCOCSSC(C)(C)CCOC(=O)NCCOCCOCCNC(=O)OCC3c4ccccc4C4=CC=CCC43)c3c(N)ncnc32)O[C@@H]1COP(=O)(O)O[P+](=O)O. The van der Waals surface area contributed by atoms with Gasteiger partial charge in [-0.2, -0.15) is 0 Å². The molecular formula is C49H68N7O17P2S4+. The number of amides is 3. The molecule has 3 amide bonds. The Hall–Kier alpha value is -4.14. The standard InChI is InChI=1S/C49H67N7O17P2S4/c1-49(2,16-22-68-47(58)52-18-23-64-25-26-65-24-19-53-48(59)69-29-39-37-14-6-4-12-35(37)36-13-5-7-15-38(36)39)79-78-32-66-20-8-9-21-67-46(57)51-17-10-11-34-28-56(45-43(34)44(50)54-31-55-45)42-27-40(70-33-77-76-3)41(72-42)30-71-75(62,63)73-74(60)61/h4-7,12-14,28,31,38-42H,8-9,15-27,29-30,32-33H2,1-3H3,(H6-,50,51,52,53,54,55,57,58,59,60,61,62,63)/p+1/t38?,39?,40?,41-,42?/m1/s1. The number of nitrogens with one attached hydrogen (secondary N) is 3. The third kappa shape index (κ3) is 21.6. The van der Waals surface area contributed by atoms with E-state index >= 15 is 0 Å². The number of nitrogens with zero attached hydrogens (tertiary/aromatic N) is 3. The molecular weight excluding hydrogens is 1150 g/mol. The van der Waals surface area contributed by atoms with Crippen LogP contribution >= 0.6 is 59.3 Å². The Kier molecular flexibility index (Phi) is 27.3. The molecule has 1 aromatic carbocycles. The van der Waals surface area contributed by atoms with Crippen molar-refractivity contribution in [1.29, 1.82) is 0 Å². The van der Waals surface area contributed by atoms with Gasteiger partial charge in [-0.1, -0.05) is 97.5 Å². The third-order valence-electron chi connectivity index (χ3n) is 12.1. The number of allylic oxidation sites excluding steroid dienone is 4. The van der Waals surface area contributed by atoms with Crippen LogP contribution in [-0.4, -0.2) is 157 Å². The monoisotopic (exact) mass is 1220 g/mol. The number of hydrogen-bond acceptors (Lipinski definition) is 22.